The Kier molecular flexibility index (Phi) is 11.0. The normalized spacial score (nSPS) is 11.6. The standard InChI is InChI=1S/C38H31N3O5S/c1-46-38(45)31-22-11-12-23-32(31)40-37(44)34(27-16-7-3-8-17-27)47-30-21-13-20-29(25-30)39-36(43)33(24-26-14-5-2-6-15-26)41-35(42)28-18-9-4-10-19-28/h2-25,34H,1H3,(H,39,43)(H,40,44)(H,41,42)/b33-24+. The number of benzene rings is 5. The Labute approximate surface area is 276 Å². The van der Waals surface area contributed by atoms with Crippen LogP contribution < -0.4 is 16.0 Å². The molecule has 0 aromatic heterocycles. The molecule has 1 unspecified atom stereocenters. The highest BCUT2D eigenvalue weighted by molar-refractivity contribution is 8.00. The Hall–Kier alpha value is -5.93. The molecule has 0 bridgehead atoms. The molecule has 5 rings (SSSR count). The van der Waals surface area contributed by atoms with Crippen LogP contribution in [-0.2, 0) is 14.3 Å². The van der Waals surface area contributed by atoms with Gasteiger partial charge in [-0.05, 0) is 59.7 Å². The summed E-state index contributed by atoms with van der Waals surface area (Å²) in [4.78, 5) is 53.3. The second-order valence-corrected chi connectivity index (χ2v) is 11.4. The molecule has 5 aromatic carbocycles. The van der Waals surface area contributed by atoms with Crippen LogP contribution in [0.5, 0.6) is 0 Å². The molecule has 0 spiro atoms. The molecule has 5 aromatic rings. The van der Waals surface area contributed by atoms with Crippen molar-refractivity contribution in [3.63, 3.8) is 0 Å². The van der Waals surface area contributed by atoms with Gasteiger partial charge in [-0.15, -0.1) is 11.8 Å². The lowest BCUT2D eigenvalue weighted by atomic mass is 10.1. The predicted octanol–water partition coefficient (Wildman–Crippen LogP) is 7.35. The lowest BCUT2D eigenvalue weighted by Crippen LogP contribution is -2.30. The van der Waals surface area contributed by atoms with Crippen molar-refractivity contribution in [1.82, 2.24) is 5.32 Å². The lowest BCUT2D eigenvalue weighted by molar-refractivity contribution is -0.116. The van der Waals surface area contributed by atoms with Crippen LogP contribution in [0.4, 0.5) is 11.4 Å². The van der Waals surface area contributed by atoms with Gasteiger partial charge >= 0.3 is 5.97 Å². The van der Waals surface area contributed by atoms with Crippen LogP contribution in [-0.4, -0.2) is 30.8 Å². The number of carbonyl (C=O) groups is 4. The molecule has 47 heavy (non-hydrogen) atoms. The van der Waals surface area contributed by atoms with Gasteiger partial charge in [-0.25, -0.2) is 4.79 Å². The molecule has 0 fully saturated rings. The monoisotopic (exact) mass is 641 g/mol. The van der Waals surface area contributed by atoms with Gasteiger partial charge < -0.3 is 20.7 Å². The minimum Gasteiger partial charge on any atom is -0.465 e. The summed E-state index contributed by atoms with van der Waals surface area (Å²) in [6, 6.07) is 40.9. The second kappa shape index (κ2) is 15.9. The smallest absolute Gasteiger partial charge is 0.339 e. The van der Waals surface area contributed by atoms with E-state index in [1.165, 1.54) is 18.9 Å². The van der Waals surface area contributed by atoms with Gasteiger partial charge in [0.1, 0.15) is 10.9 Å². The number of anilines is 2. The van der Waals surface area contributed by atoms with E-state index in [-0.39, 0.29) is 17.2 Å². The summed E-state index contributed by atoms with van der Waals surface area (Å²) < 4.78 is 4.88. The van der Waals surface area contributed by atoms with Gasteiger partial charge in [0.15, 0.2) is 0 Å². The fourth-order valence-electron chi connectivity index (χ4n) is 4.62. The number of rotatable bonds is 11. The number of hydrogen-bond donors (Lipinski definition) is 3. The first kappa shape index (κ1) is 32.5. The van der Waals surface area contributed by atoms with Crippen LogP contribution >= 0.6 is 11.8 Å². The Morgan fingerprint density at radius 2 is 1.34 bits per heavy atom. The molecule has 0 heterocycles. The molecule has 9 heteroatoms. The Bertz CT molecular complexity index is 1900. The summed E-state index contributed by atoms with van der Waals surface area (Å²) in [5.41, 5.74) is 3.01. The van der Waals surface area contributed by atoms with E-state index in [4.69, 9.17) is 4.74 Å². The van der Waals surface area contributed by atoms with Gasteiger partial charge in [0, 0.05) is 16.1 Å². The summed E-state index contributed by atoms with van der Waals surface area (Å²) in [5, 5.41) is 7.81. The molecule has 0 radical (unpaired) electrons. The van der Waals surface area contributed by atoms with Crippen molar-refractivity contribution in [2.45, 2.75) is 10.1 Å². The molecule has 0 saturated heterocycles. The first-order valence-corrected chi connectivity index (χ1v) is 15.5. The fraction of sp³-hybridized carbons (Fsp3) is 0.0526. The number of thioether (sulfide) groups is 1. The molecule has 0 aliphatic rings. The van der Waals surface area contributed by atoms with Gasteiger partial charge in [0.25, 0.3) is 11.8 Å². The van der Waals surface area contributed by atoms with Crippen molar-refractivity contribution >= 4 is 52.9 Å². The zero-order chi connectivity index (χ0) is 33.0. The zero-order valence-corrected chi connectivity index (χ0v) is 26.2. The maximum Gasteiger partial charge on any atom is 0.339 e. The minimum absolute atomic E-state index is 0.0638. The second-order valence-electron chi connectivity index (χ2n) is 10.2. The first-order valence-electron chi connectivity index (χ1n) is 14.7. The highest BCUT2D eigenvalue weighted by atomic mass is 32.2. The van der Waals surface area contributed by atoms with E-state index < -0.39 is 23.0 Å². The van der Waals surface area contributed by atoms with E-state index in [2.05, 4.69) is 16.0 Å². The van der Waals surface area contributed by atoms with Crippen molar-refractivity contribution in [1.29, 1.82) is 0 Å². The number of para-hydroxylation sites is 1. The maximum atomic E-state index is 13.7. The van der Waals surface area contributed by atoms with Crippen LogP contribution in [0.1, 0.15) is 37.1 Å². The van der Waals surface area contributed by atoms with Gasteiger partial charge in [-0.3, -0.25) is 14.4 Å². The molecular weight excluding hydrogens is 611 g/mol. The van der Waals surface area contributed by atoms with Gasteiger partial charge in [-0.2, -0.15) is 0 Å². The molecular formula is C38H31N3O5S. The zero-order valence-electron chi connectivity index (χ0n) is 25.4. The van der Waals surface area contributed by atoms with E-state index in [1.54, 1.807) is 72.8 Å². The van der Waals surface area contributed by atoms with Crippen molar-refractivity contribution in [2.75, 3.05) is 17.7 Å². The lowest BCUT2D eigenvalue weighted by Gasteiger charge is -2.19. The highest BCUT2D eigenvalue weighted by Crippen LogP contribution is 2.37. The predicted molar refractivity (Wildman–Crippen MR) is 185 cm³/mol. The summed E-state index contributed by atoms with van der Waals surface area (Å²) in [6.45, 7) is 0. The molecule has 234 valence electrons. The number of amides is 3. The SMILES string of the molecule is COC(=O)c1ccccc1NC(=O)C(Sc1cccc(NC(=O)/C(=C\c2ccccc2)NC(=O)c2ccccc2)c1)c1ccccc1. The van der Waals surface area contributed by atoms with E-state index in [0.717, 1.165) is 11.1 Å². The van der Waals surface area contributed by atoms with E-state index >= 15 is 0 Å². The quantitative estimate of drug-likeness (QED) is 0.0790. The fourth-order valence-corrected chi connectivity index (χ4v) is 5.70. The molecule has 0 aliphatic heterocycles. The first-order chi connectivity index (χ1) is 22.9. The molecule has 3 amide bonds. The number of nitrogens with one attached hydrogen (secondary N) is 3. The molecule has 0 aliphatic carbocycles. The van der Waals surface area contributed by atoms with Crippen LogP contribution in [0.2, 0.25) is 0 Å². The van der Waals surface area contributed by atoms with Crippen LogP contribution in [0.25, 0.3) is 6.08 Å². The van der Waals surface area contributed by atoms with Gasteiger partial charge in [0.2, 0.25) is 5.91 Å². The van der Waals surface area contributed by atoms with Gasteiger partial charge in [0.05, 0.1) is 18.4 Å². The molecule has 8 nitrogen and oxygen atoms in total. The number of esters is 1. The topological polar surface area (TPSA) is 114 Å². The molecule has 3 N–H and O–H groups in total. The average Bonchev–Trinajstić information content (AvgIpc) is 3.11. The van der Waals surface area contributed by atoms with Crippen LogP contribution in [0.15, 0.2) is 150 Å². The van der Waals surface area contributed by atoms with E-state index in [1.807, 2.05) is 72.8 Å². The number of hydrogen-bond acceptors (Lipinski definition) is 6. The van der Waals surface area contributed by atoms with Crippen LogP contribution in [0, 0.1) is 0 Å². The van der Waals surface area contributed by atoms with Crippen molar-refractivity contribution < 1.29 is 23.9 Å². The number of methoxy groups -OCH3 is 1. The third-order valence-corrected chi connectivity index (χ3v) is 8.16. The Morgan fingerprint density at radius 3 is 2.04 bits per heavy atom. The van der Waals surface area contributed by atoms with E-state index in [9.17, 15) is 19.2 Å². The third kappa shape index (κ3) is 8.84. The third-order valence-electron chi connectivity index (χ3n) is 6.92. The molecule has 1 atom stereocenters. The van der Waals surface area contributed by atoms with E-state index in [0.29, 0.717) is 21.8 Å². The Morgan fingerprint density at radius 1 is 0.702 bits per heavy atom. The Balaban J connectivity index is 1.38. The average molecular weight is 642 g/mol. The highest BCUT2D eigenvalue weighted by Gasteiger charge is 2.24. The largest absolute Gasteiger partial charge is 0.465 e. The number of carbonyl (C=O) groups excluding carboxylic acids is 4. The summed E-state index contributed by atoms with van der Waals surface area (Å²) in [7, 11) is 1.28. The van der Waals surface area contributed by atoms with Crippen molar-refractivity contribution in [3.8, 4) is 0 Å². The van der Waals surface area contributed by atoms with Gasteiger partial charge in [-0.1, -0.05) is 97.1 Å². The van der Waals surface area contributed by atoms with Crippen molar-refractivity contribution in [2.24, 2.45) is 0 Å². The summed E-state index contributed by atoms with van der Waals surface area (Å²) in [5.74, 6) is -1.84. The maximum absolute atomic E-state index is 13.7. The number of ether oxygens (including phenoxy) is 1. The van der Waals surface area contributed by atoms with Crippen molar-refractivity contribution in [3.05, 3.63) is 167 Å². The molecule has 0 saturated carbocycles. The summed E-state index contributed by atoms with van der Waals surface area (Å²) in [6.07, 6.45) is 1.61. The minimum atomic E-state index is -0.702. The van der Waals surface area contributed by atoms with Crippen LogP contribution in [0.3, 0.4) is 0 Å². The summed E-state index contributed by atoms with van der Waals surface area (Å²) >= 11 is 1.29.